The number of nitrogens with zero attached hydrogens (tertiary/aromatic N) is 3. The zero-order valence-corrected chi connectivity index (χ0v) is 18.0. The lowest BCUT2D eigenvalue weighted by Crippen LogP contribution is -2.15. The lowest BCUT2D eigenvalue weighted by atomic mass is 10.0. The third kappa shape index (κ3) is 3.85. The van der Waals surface area contributed by atoms with E-state index < -0.39 is 11.9 Å². The van der Waals surface area contributed by atoms with E-state index in [1.165, 1.54) is 30.4 Å². The van der Waals surface area contributed by atoms with Gasteiger partial charge in [0.2, 0.25) is 0 Å². The summed E-state index contributed by atoms with van der Waals surface area (Å²) in [6.07, 6.45) is 0. The van der Waals surface area contributed by atoms with Crippen LogP contribution in [0.25, 0.3) is 27.4 Å². The van der Waals surface area contributed by atoms with Gasteiger partial charge in [0, 0.05) is 5.56 Å². The summed E-state index contributed by atoms with van der Waals surface area (Å²) in [5, 5.41) is 4.60. The maximum absolute atomic E-state index is 12.7. The highest BCUT2D eigenvalue weighted by Crippen LogP contribution is 2.32. The van der Waals surface area contributed by atoms with Crippen molar-refractivity contribution in [3.05, 3.63) is 77.6 Å². The van der Waals surface area contributed by atoms with Gasteiger partial charge in [-0.3, -0.25) is 0 Å². The molecule has 2 aromatic heterocycles. The Labute approximate surface area is 183 Å². The Morgan fingerprint density at radius 3 is 2.13 bits per heavy atom. The second-order valence-electron chi connectivity index (χ2n) is 6.71. The van der Waals surface area contributed by atoms with Gasteiger partial charge in [0.1, 0.15) is 11.3 Å². The van der Waals surface area contributed by atoms with Crippen LogP contribution in [0.1, 0.15) is 26.5 Å². The molecule has 0 amide bonds. The Morgan fingerprint density at radius 2 is 1.55 bits per heavy atom. The minimum Gasteiger partial charge on any atom is -0.465 e. The van der Waals surface area contributed by atoms with Crippen molar-refractivity contribution in [1.29, 1.82) is 0 Å². The molecule has 0 saturated carbocycles. The van der Waals surface area contributed by atoms with Crippen LogP contribution in [0, 0.1) is 6.92 Å². The summed E-state index contributed by atoms with van der Waals surface area (Å²) in [6, 6.07) is 18.7. The molecule has 0 bridgehead atoms. The second kappa shape index (κ2) is 8.53. The Balaban J connectivity index is 1.90. The quantitative estimate of drug-likeness (QED) is 0.430. The highest BCUT2D eigenvalue weighted by atomic mass is 32.1. The third-order valence-corrected chi connectivity index (χ3v) is 5.65. The van der Waals surface area contributed by atoms with Crippen molar-refractivity contribution in [3.63, 3.8) is 0 Å². The van der Waals surface area contributed by atoms with Gasteiger partial charge in [-0.1, -0.05) is 42.5 Å². The van der Waals surface area contributed by atoms with E-state index in [0.29, 0.717) is 16.9 Å². The highest BCUT2D eigenvalue weighted by Gasteiger charge is 2.31. The van der Waals surface area contributed by atoms with Crippen molar-refractivity contribution < 1.29 is 19.1 Å². The monoisotopic (exact) mass is 433 g/mol. The van der Waals surface area contributed by atoms with Gasteiger partial charge in [-0.15, -0.1) is 0 Å². The number of esters is 2. The molecule has 0 unspecified atom stereocenters. The molecule has 0 spiro atoms. The number of hydrogen-bond acceptors (Lipinski definition) is 7. The fourth-order valence-corrected chi connectivity index (χ4v) is 4.01. The van der Waals surface area contributed by atoms with Crippen LogP contribution < -0.4 is 0 Å². The molecular weight excluding hydrogens is 414 g/mol. The molecule has 4 rings (SSSR count). The molecule has 0 fully saturated rings. The van der Waals surface area contributed by atoms with Gasteiger partial charge in [0.15, 0.2) is 5.69 Å². The van der Waals surface area contributed by atoms with Crippen LogP contribution in [0.15, 0.2) is 60.7 Å². The first-order chi connectivity index (χ1) is 15.0. The van der Waals surface area contributed by atoms with E-state index in [0.717, 1.165) is 16.1 Å². The van der Waals surface area contributed by atoms with Gasteiger partial charge in [0.05, 0.1) is 30.5 Å². The van der Waals surface area contributed by atoms with Gasteiger partial charge in [-0.2, -0.15) is 9.47 Å². The summed E-state index contributed by atoms with van der Waals surface area (Å²) >= 11 is 1.42. The fraction of sp³-hybridized carbons (Fsp3) is 0.130. The van der Waals surface area contributed by atoms with Crippen molar-refractivity contribution in [2.24, 2.45) is 0 Å². The Morgan fingerprint density at radius 1 is 0.903 bits per heavy atom. The number of aromatic nitrogens is 3. The maximum Gasteiger partial charge on any atom is 0.357 e. The molecule has 4 aromatic rings. The molecule has 0 aliphatic heterocycles. The first-order valence-electron chi connectivity index (χ1n) is 9.42. The van der Waals surface area contributed by atoms with Crippen LogP contribution in [0.2, 0.25) is 0 Å². The van der Waals surface area contributed by atoms with E-state index in [1.807, 2.05) is 55.5 Å². The smallest absolute Gasteiger partial charge is 0.357 e. The van der Waals surface area contributed by atoms with Crippen molar-refractivity contribution >= 4 is 23.5 Å². The number of carbonyl (C=O) groups is 2. The number of hydrogen-bond donors (Lipinski definition) is 0. The van der Waals surface area contributed by atoms with Crippen LogP contribution in [-0.2, 0) is 9.47 Å². The number of benzene rings is 2. The van der Waals surface area contributed by atoms with Gasteiger partial charge in [-0.25, -0.2) is 14.3 Å². The summed E-state index contributed by atoms with van der Waals surface area (Å²) < 4.78 is 15.6. The summed E-state index contributed by atoms with van der Waals surface area (Å²) in [7, 11) is 2.53. The molecular formula is C23H19N3O4S. The summed E-state index contributed by atoms with van der Waals surface area (Å²) in [4.78, 5) is 26.4. The lowest BCUT2D eigenvalue weighted by molar-refractivity contribution is 0.0549. The average Bonchev–Trinajstić information content (AvgIpc) is 3.43. The van der Waals surface area contributed by atoms with E-state index >= 15 is 0 Å². The van der Waals surface area contributed by atoms with Gasteiger partial charge in [-0.05, 0) is 42.2 Å². The predicted octanol–water partition coefficient (Wildman–Crippen LogP) is 4.54. The summed E-state index contributed by atoms with van der Waals surface area (Å²) in [6.45, 7) is 1.95. The standard InChI is InChI=1S/C23H19N3O4S/c1-14-13-18(31-25-14)15-9-11-16(12-10-15)20-19(22(27)29-2)21(23(28)30-3)26(24-20)17-7-5-4-6-8-17/h4-13H,1-3H3. The number of rotatable bonds is 5. The number of aryl methyl sites for hydroxylation is 1. The highest BCUT2D eigenvalue weighted by molar-refractivity contribution is 7.09. The largest absolute Gasteiger partial charge is 0.465 e. The minimum atomic E-state index is -0.681. The van der Waals surface area contributed by atoms with Crippen LogP contribution in [-0.4, -0.2) is 40.3 Å². The van der Waals surface area contributed by atoms with E-state index in [4.69, 9.17) is 9.47 Å². The van der Waals surface area contributed by atoms with Crippen LogP contribution in [0.4, 0.5) is 0 Å². The van der Waals surface area contributed by atoms with E-state index in [2.05, 4.69) is 9.47 Å². The SMILES string of the molecule is COC(=O)c1c(-c2ccc(-c3cc(C)ns3)cc2)nn(-c2ccccc2)c1C(=O)OC. The van der Waals surface area contributed by atoms with Crippen LogP contribution >= 0.6 is 11.5 Å². The van der Waals surface area contributed by atoms with E-state index in [9.17, 15) is 9.59 Å². The maximum atomic E-state index is 12.7. The van der Waals surface area contributed by atoms with Gasteiger partial charge in [0.25, 0.3) is 0 Å². The van der Waals surface area contributed by atoms with Crippen LogP contribution in [0.3, 0.4) is 0 Å². The topological polar surface area (TPSA) is 83.3 Å². The predicted molar refractivity (Wildman–Crippen MR) is 118 cm³/mol. The van der Waals surface area contributed by atoms with Gasteiger partial charge < -0.3 is 9.47 Å². The van der Waals surface area contributed by atoms with Crippen molar-refractivity contribution in [2.45, 2.75) is 6.92 Å². The zero-order chi connectivity index (χ0) is 22.0. The van der Waals surface area contributed by atoms with Crippen molar-refractivity contribution in [3.8, 4) is 27.4 Å². The first-order valence-corrected chi connectivity index (χ1v) is 10.2. The second-order valence-corrected chi connectivity index (χ2v) is 7.52. The molecule has 2 heterocycles. The molecule has 0 atom stereocenters. The average molecular weight is 433 g/mol. The molecule has 31 heavy (non-hydrogen) atoms. The Hall–Kier alpha value is -3.78. The Kier molecular flexibility index (Phi) is 5.64. The van der Waals surface area contributed by atoms with Crippen LogP contribution in [0.5, 0.6) is 0 Å². The van der Waals surface area contributed by atoms with E-state index in [-0.39, 0.29) is 11.3 Å². The lowest BCUT2D eigenvalue weighted by Gasteiger charge is -2.07. The third-order valence-electron chi connectivity index (χ3n) is 4.73. The fourth-order valence-electron chi connectivity index (χ4n) is 3.25. The normalized spacial score (nSPS) is 10.7. The molecule has 0 aliphatic carbocycles. The molecule has 0 N–H and O–H groups in total. The molecule has 2 aromatic carbocycles. The van der Waals surface area contributed by atoms with Gasteiger partial charge >= 0.3 is 11.9 Å². The summed E-state index contributed by atoms with van der Waals surface area (Å²) in [5.74, 6) is -1.35. The molecule has 0 saturated heterocycles. The number of ether oxygens (including phenoxy) is 2. The first kappa shape index (κ1) is 20.5. The molecule has 0 radical (unpaired) electrons. The number of methoxy groups -OCH3 is 2. The molecule has 8 heteroatoms. The number of para-hydroxylation sites is 1. The minimum absolute atomic E-state index is 0.0118. The van der Waals surface area contributed by atoms with E-state index in [1.54, 1.807) is 12.1 Å². The Bertz CT molecular complexity index is 1240. The van der Waals surface area contributed by atoms with Crippen molar-refractivity contribution in [1.82, 2.24) is 14.2 Å². The molecule has 156 valence electrons. The molecule has 0 aliphatic rings. The number of carbonyl (C=O) groups excluding carboxylic acids is 2. The zero-order valence-electron chi connectivity index (χ0n) is 17.2. The van der Waals surface area contributed by atoms with Crippen molar-refractivity contribution in [2.75, 3.05) is 14.2 Å². The summed E-state index contributed by atoms with van der Waals surface area (Å²) in [5.41, 5.74) is 3.66. The molecule has 7 nitrogen and oxygen atoms in total.